The third-order valence-corrected chi connectivity index (χ3v) is 5.11. The van der Waals surface area contributed by atoms with E-state index in [1.807, 2.05) is 6.08 Å². The van der Waals surface area contributed by atoms with Crippen LogP contribution in [-0.4, -0.2) is 33.5 Å². The van der Waals surface area contributed by atoms with Crippen LogP contribution in [0.2, 0.25) is 0 Å². The Morgan fingerprint density at radius 2 is 2.14 bits per heavy atom. The lowest BCUT2D eigenvalue weighted by Crippen LogP contribution is -2.30. The van der Waals surface area contributed by atoms with Crippen LogP contribution in [0.1, 0.15) is 51.9 Å². The molecule has 22 heavy (non-hydrogen) atoms. The van der Waals surface area contributed by atoms with Gasteiger partial charge in [0.2, 0.25) is 0 Å². The van der Waals surface area contributed by atoms with Crippen molar-refractivity contribution in [2.24, 2.45) is 17.8 Å². The van der Waals surface area contributed by atoms with E-state index in [0.717, 1.165) is 32.1 Å². The molecule has 2 rings (SSSR count). The smallest absolute Gasteiger partial charge is 0.305 e. The average Bonchev–Trinajstić information content (AvgIpc) is 2.44. The Labute approximate surface area is 132 Å². The second-order valence-corrected chi connectivity index (χ2v) is 6.84. The molecule has 0 aromatic rings. The van der Waals surface area contributed by atoms with Crippen LogP contribution in [0.3, 0.4) is 0 Å². The maximum absolute atomic E-state index is 10.5. The van der Waals surface area contributed by atoms with Gasteiger partial charge in [0.25, 0.3) is 0 Å². The highest BCUT2D eigenvalue weighted by molar-refractivity contribution is 5.67. The third-order valence-electron chi connectivity index (χ3n) is 5.11. The monoisotopic (exact) mass is 308 g/mol. The number of fused-ring (bicyclic) bond motifs is 1. The van der Waals surface area contributed by atoms with Gasteiger partial charge in [-0.15, -0.1) is 0 Å². The van der Waals surface area contributed by atoms with Crippen LogP contribution >= 0.6 is 0 Å². The normalized spacial score (nSPS) is 32.2. The van der Waals surface area contributed by atoms with Gasteiger partial charge in [0.15, 0.2) is 0 Å². The number of aliphatic hydroxyl groups is 2. The lowest BCUT2D eigenvalue weighted by atomic mass is 9.67. The van der Waals surface area contributed by atoms with Crippen molar-refractivity contribution in [2.45, 2.75) is 64.1 Å². The van der Waals surface area contributed by atoms with Crippen molar-refractivity contribution in [3.63, 3.8) is 0 Å². The van der Waals surface area contributed by atoms with E-state index in [9.17, 15) is 15.0 Å². The van der Waals surface area contributed by atoms with Crippen LogP contribution in [0.4, 0.5) is 0 Å². The molecule has 0 saturated carbocycles. The summed E-state index contributed by atoms with van der Waals surface area (Å²) in [5.74, 6) is 0.753. The van der Waals surface area contributed by atoms with Gasteiger partial charge in [0.1, 0.15) is 0 Å². The minimum atomic E-state index is -0.936. The molecule has 0 amide bonds. The molecule has 0 fully saturated rings. The summed E-state index contributed by atoms with van der Waals surface area (Å²) < 4.78 is 0. The van der Waals surface area contributed by atoms with E-state index in [0.29, 0.717) is 24.2 Å². The molecule has 0 saturated heterocycles. The van der Waals surface area contributed by atoms with Crippen molar-refractivity contribution < 1.29 is 20.1 Å². The molecule has 2 aliphatic rings. The van der Waals surface area contributed by atoms with E-state index in [2.05, 4.69) is 19.1 Å². The van der Waals surface area contributed by atoms with Crippen LogP contribution in [0.25, 0.3) is 0 Å². The SMILES string of the molecule is CC1C=CC2=CC(O)CCC2C1CCCCC(O)CC(=O)O. The summed E-state index contributed by atoms with van der Waals surface area (Å²) in [6.45, 7) is 2.25. The first-order valence-electron chi connectivity index (χ1n) is 8.45. The minimum absolute atomic E-state index is 0.157. The summed E-state index contributed by atoms with van der Waals surface area (Å²) in [4.78, 5) is 10.5. The second kappa shape index (κ2) is 7.93. The Morgan fingerprint density at radius 3 is 2.86 bits per heavy atom. The van der Waals surface area contributed by atoms with Crippen LogP contribution in [0, 0.1) is 17.8 Å². The van der Waals surface area contributed by atoms with Crippen molar-refractivity contribution >= 4 is 5.97 Å². The minimum Gasteiger partial charge on any atom is -0.481 e. The zero-order chi connectivity index (χ0) is 16.1. The molecule has 0 spiro atoms. The van der Waals surface area contributed by atoms with Crippen LogP contribution in [0.15, 0.2) is 23.8 Å². The third kappa shape index (κ3) is 4.68. The molecular weight excluding hydrogens is 280 g/mol. The second-order valence-electron chi connectivity index (χ2n) is 6.84. The topological polar surface area (TPSA) is 77.8 Å². The molecule has 0 radical (unpaired) electrons. The van der Waals surface area contributed by atoms with Crippen molar-refractivity contribution in [1.29, 1.82) is 0 Å². The zero-order valence-corrected chi connectivity index (χ0v) is 13.3. The van der Waals surface area contributed by atoms with E-state index in [4.69, 9.17) is 5.11 Å². The van der Waals surface area contributed by atoms with E-state index >= 15 is 0 Å². The quantitative estimate of drug-likeness (QED) is 0.632. The summed E-state index contributed by atoms with van der Waals surface area (Å²) in [5.41, 5.74) is 1.28. The molecule has 0 aromatic carbocycles. The summed E-state index contributed by atoms with van der Waals surface area (Å²) in [5, 5.41) is 28.0. The highest BCUT2D eigenvalue weighted by atomic mass is 16.4. The van der Waals surface area contributed by atoms with Gasteiger partial charge in [0.05, 0.1) is 18.6 Å². The Bertz CT molecular complexity index is 440. The molecule has 0 aromatic heterocycles. The fraction of sp³-hybridized carbons (Fsp3) is 0.722. The van der Waals surface area contributed by atoms with Gasteiger partial charge in [-0.1, -0.05) is 38.0 Å². The van der Waals surface area contributed by atoms with Crippen molar-refractivity contribution in [2.75, 3.05) is 0 Å². The van der Waals surface area contributed by atoms with Gasteiger partial charge in [-0.25, -0.2) is 0 Å². The molecular formula is C18H28O4. The van der Waals surface area contributed by atoms with Gasteiger partial charge in [-0.3, -0.25) is 4.79 Å². The number of hydrogen-bond acceptors (Lipinski definition) is 3. The Hall–Kier alpha value is -1.13. The van der Waals surface area contributed by atoms with Gasteiger partial charge in [0, 0.05) is 0 Å². The molecule has 5 atom stereocenters. The summed E-state index contributed by atoms with van der Waals surface area (Å²) >= 11 is 0. The number of carboxylic acid groups (broad SMARTS) is 1. The predicted octanol–water partition coefficient (Wildman–Crippen LogP) is 2.90. The number of unbranched alkanes of at least 4 members (excludes halogenated alkanes) is 1. The Kier molecular flexibility index (Phi) is 6.21. The van der Waals surface area contributed by atoms with Gasteiger partial charge < -0.3 is 15.3 Å². The first-order chi connectivity index (χ1) is 10.5. The van der Waals surface area contributed by atoms with E-state index in [1.54, 1.807) is 0 Å². The maximum Gasteiger partial charge on any atom is 0.305 e. The number of carbonyl (C=O) groups is 1. The van der Waals surface area contributed by atoms with Gasteiger partial charge in [-0.2, -0.15) is 0 Å². The highest BCUT2D eigenvalue weighted by Gasteiger charge is 2.33. The fourth-order valence-corrected chi connectivity index (χ4v) is 3.89. The van der Waals surface area contributed by atoms with Crippen LogP contribution < -0.4 is 0 Å². The molecule has 2 aliphatic carbocycles. The summed E-state index contributed by atoms with van der Waals surface area (Å²) in [6, 6.07) is 0. The zero-order valence-electron chi connectivity index (χ0n) is 13.3. The molecule has 0 aliphatic heterocycles. The lowest BCUT2D eigenvalue weighted by molar-refractivity contribution is -0.139. The highest BCUT2D eigenvalue weighted by Crippen LogP contribution is 2.42. The van der Waals surface area contributed by atoms with Crippen LogP contribution in [-0.2, 0) is 4.79 Å². The number of hydrogen-bond donors (Lipinski definition) is 3. The van der Waals surface area contributed by atoms with Gasteiger partial charge >= 0.3 is 5.97 Å². The number of carboxylic acids is 1. The molecule has 124 valence electrons. The molecule has 0 bridgehead atoms. The molecule has 4 heteroatoms. The van der Waals surface area contributed by atoms with Crippen molar-refractivity contribution in [3.05, 3.63) is 23.8 Å². The first kappa shape index (κ1) is 17.2. The van der Waals surface area contributed by atoms with Crippen molar-refractivity contribution in [1.82, 2.24) is 0 Å². The van der Waals surface area contributed by atoms with Crippen LogP contribution in [0.5, 0.6) is 0 Å². The molecule has 5 unspecified atom stereocenters. The number of allylic oxidation sites excluding steroid dienone is 3. The maximum atomic E-state index is 10.5. The summed E-state index contributed by atoms with van der Waals surface area (Å²) in [6.07, 6.45) is 10.7. The number of rotatable bonds is 7. The largest absolute Gasteiger partial charge is 0.481 e. The average molecular weight is 308 g/mol. The lowest BCUT2D eigenvalue weighted by Gasteiger charge is -2.38. The molecule has 3 N–H and O–H groups in total. The molecule has 4 nitrogen and oxygen atoms in total. The first-order valence-corrected chi connectivity index (χ1v) is 8.45. The van der Waals surface area contributed by atoms with Gasteiger partial charge in [-0.05, 0) is 49.0 Å². The Balaban J connectivity index is 1.80. The predicted molar refractivity (Wildman–Crippen MR) is 85.3 cm³/mol. The van der Waals surface area contributed by atoms with Crippen molar-refractivity contribution in [3.8, 4) is 0 Å². The number of aliphatic hydroxyl groups excluding tert-OH is 2. The molecule has 0 heterocycles. The summed E-state index contributed by atoms with van der Waals surface area (Å²) in [7, 11) is 0. The van der Waals surface area contributed by atoms with E-state index < -0.39 is 12.1 Å². The fourth-order valence-electron chi connectivity index (χ4n) is 3.89. The standard InChI is InChI=1S/C18H28O4/c1-12-6-7-13-10-15(20)8-9-17(13)16(12)5-3-2-4-14(19)11-18(21)22/h6-7,10,12,14-17,19-20H,2-5,8-9,11H2,1H3,(H,21,22). The van der Waals surface area contributed by atoms with E-state index in [-0.39, 0.29) is 12.5 Å². The van der Waals surface area contributed by atoms with E-state index in [1.165, 1.54) is 5.57 Å². The Morgan fingerprint density at radius 1 is 1.36 bits per heavy atom. The number of aliphatic carboxylic acids is 1.